The summed E-state index contributed by atoms with van der Waals surface area (Å²) in [6.07, 6.45) is 0. The minimum atomic E-state index is -0.281. The number of carbonyl (C=O) groups is 1. The Morgan fingerprint density at radius 2 is 1.48 bits per heavy atom. The standard InChI is InChI=1S/C19H24N2O2/c1-23-15-14-20-12-13-21-19(22)18(16-8-4-2-5-9-16)17-10-6-3-7-11-17/h2-11,18,20H,12-15H2,1H3,(H,21,22). The van der Waals surface area contributed by atoms with E-state index in [2.05, 4.69) is 10.6 Å². The lowest BCUT2D eigenvalue weighted by Crippen LogP contribution is -2.36. The maximum absolute atomic E-state index is 12.7. The summed E-state index contributed by atoms with van der Waals surface area (Å²) in [6.45, 7) is 2.78. The zero-order valence-electron chi connectivity index (χ0n) is 13.5. The fourth-order valence-electron chi connectivity index (χ4n) is 2.46. The molecular weight excluding hydrogens is 288 g/mol. The van der Waals surface area contributed by atoms with Gasteiger partial charge in [-0.1, -0.05) is 60.7 Å². The third kappa shape index (κ3) is 5.51. The molecule has 0 aliphatic heterocycles. The van der Waals surface area contributed by atoms with E-state index in [1.165, 1.54) is 0 Å². The van der Waals surface area contributed by atoms with Crippen LogP contribution < -0.4 is 10.6 Å². The van der Waals surface area contributed by atoms with Crippen LogP contribution in [0.2, 0.25) is 0 Å². The van der Waals surface area contributed by atoms with E-state index in [4.69, 9.17) is 4.74 Å². The normalized spacial score (nSPS) is 10.7. The van der Waals surface area contributed by atoms with E-state index in [-0.39, 0.29) is 11.8 Å². The fourth-order valence-corrected chi connectivity index (χ4v) is 2.46. The molecule has 23 heavy (non-hydrogen) atoms. The van der Waals surface area contributed by atoms with Gasteiger partial charge >= 0.3 is 0 Å². The minimum absolute atomic E-state index is 0.0240. The first-order valence-electron chi connectivity index (χ1n) is 7.90. The number of methoxy groups -OCH3 is 1. The van der Waals surface area contributed by atoms with Crippen molar-refractivity contribution < 1.29 is 9.53 Å². The Morgan fingerprint density at radius 1 is 0.913 bits per heavy atom. The summed E-state index contributed by atoms with van der Waals surface area (Å²) < 4.78 is 4.97. The van der Waals surface area contributed by atoms with Crippen LogP contribution in [0, 0.1) is 0 Å². The number of hydrogen-bond donors (Lipinski definition) is 2. The highest BCUT2D eigenvalue weighted by Gasteiger charge is 2.21. The molecule has 0 radical (unpaired) electrons. The van der Waals surface area contributed by atoms with Gasteiger partial charge in [-0.25, -0.2) is 0 Å². The second kappa shape index (κ2) is 9.77. The van der Waals surface area contributed by atoms with Crippen LogP contribution in [0.5, 0.6) is 0 Å². The molecule has 2 N–H and O–H groups in total. The number of amides is 1. The summed E-state index contributed by atoms with van der Waals surface area (Å²) in [6, 6.07) is 19.8. The van der Waals surface area contributed by atoms with Gasteiger partial charge in [0.05, 0.1) is 12.5 Å². The molecule has 1 amide bonds. The van der Waals surface area contributed by atoms with Gasteiger partial charge in [-0.15, -0.1) is 0 Å². The molecule has 4 nitrogen and oxygen atoms in total. The number of hydrogen-bond acceptors (Lipinski definition) is 3. The minimum Gasteiger partial charge on any atom is -0.383 e. The number of benzene rings is 2. The average molecular weight is 312 g/mol. The highest BCUT2D eigenvalue weighted by atomic mass is 16.5. The first-order chi connectivity index (χ1) is 11.3. The Kier molecular flexibility index (Phi) is 7.30. The molecule has 0 aliphatic rings. The van der Waals surface area contributed by atoms with Gasteiger partial charge < -0.3 is 15.4 Å². The molecule has 0 heterocycles. The zero-order valence-corrected chi connectivity index (χ0v) is 13.5. The Balaban J connectivity index is 1.99. The van der Waals surface area contributed by atoms with Gasteiger partial charge in [-0.05, 0) is 11.1 Å². The summed E-state index contributed by atoms with van der Waals surface area (Å²) in [5, 5.41) is 6.23. The molecule has 2 rings (SSSR count). The molecule has 0 atom stereocenters. The van der Waals surface area contributed by atoms with Gasteiger partial charge in [-0.2, -0.15) is 0 Å². The summed E-state index contributed by atoms with van der Waals surface area (Å²) in [5.74, 6) is -0.257. The van der Waals surface area contributed by atoms with E-state index in [0.29, 0.717) is 13.2 Å². The second-order valence-electron chi connectivity index (χ2n) is 5.29. The maximum Gasteiger partial charge on any atom is 0.232 e. The lowest BCUT2D eigenvalue weighted by Gasteiger charge is -2.18. The molecular formula is C19H24N2O2. The van der Waals surface area contributed by atoms with E-state index in [1.807, 2.05) is 60.7 Å². The highest BCUT2D eigenvalue weighted by molar-refractivity contribution is 5.87. The van der Waals surface area contributed by atoms with Crippen LogP contribution >= 0.6 is 0 Å². The molecule has 122 valence electrons. The van der Waals surface area contributed by atoms with Gasteiger partial charge in [0.2, 0.25) is 5.91 Å². The summed E-state index contributed by atoms with van der Waals surface area (Å²) in [4.78, 5) is 12.7. The van der Waals surface area contributed by atoms with Crippen LogP contribution in [-0.4, -0.2) is 39.3 Å². The molecule has 0 spiro atoms. The van der Waals surface area contributed by atoms with E-state index in [9.17, 15) is 4.79 Å². The lowest BCUT2D eigenvalue weighted by atomic mass is 9.90. The smallest absolute Gasteiger partial charge is 0.232 e. The van der Waals surface area contributed by atoms with E-state index >= 15 is 0 Å². The summed E-state index contributed by atoms with van der Waals surface area (Å²) >= 11 is 0. The lowest BCUT2D eigenvalue weighted by molar-refractivity contribution is -0.121. The largest absolute Gasteiger partial charge is 0.383 e. The SMILES string of the molecule is COCCNCCNC(=O)C(c1ccccc1)c1ccccc1. The Labute approximate surface area is 137 Å². The number of rotatable bonds is 9. The molecule has 2 aromatic carbocycles. The van der Waals surface area contributed by atoms with Crippen molar-refractivity contribution >= 4 is 5.91 Å². The molecule has 0 aliphatic carbocycles. The molecule has 0 unspecified atom stereocenters. The van der Waals surface area contributed by atoms with Crippen molar-refractivity contribution in [2.75, 3.05) is 33.4 Å². The van der Waals surface area contributed by atoms with Crippen molar-refractivity contribution in [3.05, 3.63) is 71.8 Å². The predicted octanol–water partition coefficient (Wildman–Crippen LogP) is 2.17. The molecule has 0 saturated carbocycles. The van der Waals surface area contributed by atoms with Gasteiger partial charge in [0.15, 0.2) is 0 Å². The maximum atomic E-state index is 12.7. The summed E-state index contributed by atoms with van der Waals surface area (Å²) in [5.41, 5.74) is 2.01. The topological polar surface area (TPSA) is 50.4 Å². The van der Waals surface area contributed by atoms with Gasteiger partial charge in [0.1, 0.15) is 0 Å². The van der Waals surface area contributed by atoms with Crippen molar-refractivity contribution in [1.29, 1.82) is 0 Å². The van der Waals surface area contributed by atoms with E-state index < -0.39 is 0 Å². The fraction of sp³-hybridized carbons (Fsp3) is 0.316. The number of ether oxygens (including phenoxy) is 1. The highest BCUT2D eigenvalue weighted by Crippen LogP contribution is 2.24. The van der Waals surface area contributed by atoms with Gasteiger partial charge in [-0.3, -0.25) is 4.79 Å². The molecule has 0 bridgehead atoms. The van der Waals surface area contributed by atoms with Gasteiger partial charge in [0, 0.05) is 26.7 Å². The van der Waals surface area contributed by atoms with E-state index in [1.54, 1.807) is 7.11 Å². The van der Waals surface area contributed by atoms with Crippen molar-refractivity contribution in [3.63, 3.8) is 0 Å². The first-order valence-corrected chi connectivity index (χ1v) is 7.90. The quantitative estimate of drug-likeness (QED) is 0.698. The van der Waals surface area contributed by atoms with Crippen LogP contribution in [0.4, 0.5) is 0 Å². The molecule has 0 aromatic heterocycles. The van der Waals surface area contributed by atoms with Crippen molar-refractivity contribution in [3.8, 4) is 0 Å². The number of carbonyl (C=O) groups excluding carboxylic acids is 1. The molecule has 4 heteroatoms. The van der Waals surface area contributed by atoms with Crippen LogP contribution in [0.15, 0.2) is 60.7 Å². The summed E-state index contributed by atoms with van der Waals surface area (Å²) in [7, 11) is 1.67. The van der Waals surface area contributed by atoms with Gasteiger partial charge in [0.25, 0.3) is 0 Å². The third-order valence-electron chi connectivity index (χ3n) is 3.61. The Bertz CT molecular complexity index is 533. The van der Waals surface area contributed by atoms with Crippen molar-refractivity contribution in [2.45, 2.75) is 5.92 Å². The van der Waals surface area contributed by atoms with Crippen LogP contribution in [0.25, 0.3) is 0 Å². The Morgan fingerprint density at radius 3 is 2.00 bits per heavy atom. The Hall–Kier alpha value is -2.17. The second-order valence-corrected chi connectivity index (χ2v) is 5.29. The van der Waals surface area contributed by atoms with Crippen LogP contribution in [-0.2, 0) is 9.53 Å². The van der Waals surface area contributed by atoms with Crippen LogP contribution in [0.3, 0.4) is 0 Å². The van der Waals surface area contributed by atoms with Crippen molar-refractivity contribution in [1.82, 2.24) is 10.6 Å². The third-order valence-corrected chi connectivity index (χ3v) is 3.61. The zero-order chi connectivity index (χ0) is 16.3. The van der Waals surface area contributed by atoms with E-state index in [0.717, 1.165) is 24.2 Å². The molecule has 2 aromatic rings. The average Bonchev–Trinajstić information content (AvgIpc) is 2.60. The molecule has 0 saturated heterocycles. The molecule has 0 fully saturated rings. The van der Waals surface area contributed by atoms with Crippen molar-refractivity contribution in [2.24, 2.45) is 0 Å². The monoisotopic (exact) mass is 312 g/mol. The first kappa shape index (κ1) is 17.2. The van der Waals surface area contributed by atoms with Crippen LogP contribution in [0.1, 0.15) is 17.0 Å². The number of nitrogens with one attached hydrogen (secondary N) is 2. The predicted molar refractivity (Wildman–Crippen MR) is 92.5 cm³/mol.